The van der Waals surface area contributed by atoms with Crippen molar-refractivity contribution in [1.82, 2.24) is 4.98 Å². The molecule has 2 N–H and O–H groups in total. The first-order chi connectivity index (χ1) is 8.20. The minimum absolute atomic E-state index is 0.0772. The van der Waals surface area contributed by atoms with Gasteiger partial charge in [-0.1, -0.05) is 0 Å². The minimum atomic E-state index is -1.01. The third-order valence-corrected chi connectivity index (χ3v) is 3.09. The molecular formula is C12H16N2O3. The number of hydrogen-bond acceptors (Lipinski definition) is 4. The summed E-state index contributed by atoms with van der Waals surface area (Å²) >= 11 is 0. The van der Waals surface area contributed by atoms with Crippen molar-refractivity contribution in [1.29, 1.82) is 0 Å². The molecule has 0 bridgehead atoms. The first kappa shape index (κ1) is 11.9. The Balaban J connectivity index is 2.06. The highest BCUT2D eigenvalue weighted by Gasteiger charge is 2.25. The van der Waals surface area contributed by atoms with Crippen LogP contribution < -0.4 is 5.32 Å². The Labute approximate surface area is 99.8 Å². The normalized spacial score (nSPS) is 23.6. The van der Waals surface area contributed by atoms with Crippen LogP contribution in [0.3, 0.4) is 0 Å². The molecule has 0 radical (unpaired) electrons. The Morgan fingerprint density at radius 1 is 1.59 bits per heavy atom. The number of anilines is 1. The number of carboxylic acids is 1. The molecule has 1 aliphatic carbocycles. The van der Waals surface area contributed by atoms with Gasteiger partial charge in [-0.3, -0.25) is 0 Å². The van der Waals surface area contributed by atoms with Crippen LogP contribution in [0.2, 0.25) is 0 Å². The van der Waals surface area contributed by atoms with Crippen molar-refractivity contribution in [2.45, 2.75) is 31.4 Å². The number of hydrogen-bond donors (Lipinski definition) is 2. The monoisotopic (exact) mass is 236 g/mol. The van der Waals surface area contributed by atoms with Crippen molar-refractivity contribution in [3.63, 3.8) is 0 Å². The molecule has 5 nitrogen and oxygen atoms in total. The largest absolute Gasteiger partial charge is 0.476 e. The number of methoxy groups -OCH3 is 1. The Morgan fingerprint density at radius 3 is 3.06 bits per heavy atom. The van der Waals surface area contributed by atoms with Gasteiger partial charge in [-0.15, -0.1) is 0 Å². The lowest BCUT2D eigenvalue weighted by Crippen LogP contribution is -2.19. The Hall–Kier alpha value is -1.62. The zero-order valence-electron chi connectivity index (χ0n) is 9.72. The van der Waals surface area contributed by atoms with E-state index in [4.69, 9.17) is 9.84 Å². The molecular weight excluding hydrogens is 220 g/mol. The molecule has 1 fully saturated rings. The predicted molar refractivity (Wildman–Crippen MR) is 63.3 cm³/mol. The van der Waals surface area contributed by atoms with Crippen molar-refractivity contribution in [3.05, 3.63) is 24.0 Å². The molecule has 1 aromatic heterocycles. The highest BCUT2D eigenvalue weighted by atomic mass is 16.5. The molecule has 2 unspecified atom stereocenters. The summed E-state index contributed by atoms with van der Waals surface area (Å²) in [4.78, 5) is 14.9. The molecule has 1 aliphatic rings. The van der Waals surface area contributed by atoms with E-state index in [1.54, 1.807) is 19.2 Å². The standard InChI is InChI=1S/C12H16N2O3/c1-17-9-5-4-8(7-9)14-10-3-2-6-13-11(10)12(15)16/h2-3,6,8-9,14H,4-5,7H2,1H3,(H,15,16). The summed E-state index contributed by atoms with van der Waals surface area (Å²) in [6.07, 6.45) is 4.67. The lowest BCUT2D eigenvalue weighted by atomic mass is 10.2. The van der Waals surface area contributed by atoms with Crippen LogP contribution in [0.1, 0.15) is 29.8 Å². The van der Waals surface area contributed by atoms with E-state index >= 15 is 0 Å². The van der Waals surface area contributed by atoms with Gasteiger partial charge in [0.1, 0.15) is 0 Å². The van der Waals surface area contributed by atoms with E-state index < -0.39 is 5.97 Å². The third-order valence-electron chi connectivity index (χ3n) is 3.09. The zero-order valence-corrected chi connectivity index (χ0v) is 9.72. The third kappa shape index (κ3) is 2.74. The summed E-state index contributed by atoms with van der Waals surface area (Å²) in [6, 6.07) is 3.75. The van der Waals surface area contributed by atoms with E-state index in [1.807, 2.05) is 0 Å². The molecule has 2 atom stereocenters. The van der Waals surface area contributed by atoms with E-state index in [9.17, 15) is 4.79 Å². The fourth-order valence-electron chi connectivity index (χ4n) is 2.20. The van der Waals surface area contributed by atoms with Crippen molar-refractivity contribution < 1.29 is 14.6 Å². The van der Waals surface area contributed by atoms with Crippen LogP contribution in [0.25, 0.3) is 0 Å². The molecule has 2 rings (SSSR count). The summed E-state index contributed by atoms with van der Waals surface area (Å²) in [5.41, 5.74) is 0.662. The Kier molecular flexibility index (Phi) is 3.58. The summed E-state index contributed by atoms with van der Waals surface area (Å²) < 4.78 is 5.28. The van der Waals surface area contributed by atoms with Crippen molar-refractivity contribution in [2.24, 2.45) is 0 Å². The van der Waals surface area contributed by atoms with Gasteiger partial charge in [0.05, 0.1) is 11.8 Å². The zero-order chi connectivity index (χ0) is 12.3. The fourth-order valence-corrected chi connectivity index (χ4v) is 2.20. The van der Waals surface area contributed by atoms with Gasteiger partial charge in [0.15, 0.2) is 5.69 Å². The first-order valence-electron chi connectivity index (χ1n) is 5.68. The van der Waals surface area contributed by atoms with Gasteiger partial charge in [-0.05, 0) is 31.4 Å². The SMILES string of the molecule is COC1CCC(Nc2cccnc2C(=O)O)C1. The molecule has 0 aromatic carbocycles. The molecule has 1 aromatic rings. The van der Waals surface area contributed by atoms with Gasteiger partial charge in [-0.2, -0.15) is 0 Å². The van der Waals surface area contributed by atoms with Gasteiger partial charge in [0.25, 0.3) is 0 Å². The van der Waals surface area contributed by atoms with E-state index in [1.165, 1.54) is 6.20 Å². The Bertz CT molecular complexity index is 408. The van der Waals surface area contributed by atoms with Crippen LogP contribution in [0.4, 0.5) is 5.69 Å². The number of pyridine rings is 1. The smallest absolute Gasteiger partial charge is 0.356 e. The predicted octanol–water partition coefficient (Wildman–Crippen LogP) is 1.76. The lowest BCUT2D eigenvalue weighted by molar-refractivity contribution is 0.0691. The summed E-state index contributed by atoms with van der Waals surface area (Å²) in [7, 11) is 1.71. The van der Waals surface area contributed by atoms with Gasteiger partial charge in [-0.25, -0.2) is 9.78 Å². The first-order valence-corrected chi connectivity index (χ1v) is 5.68. The maximum Gasteiger partial charge on any atom is 0.356 e. The summed E-state index contributed by atoms with van der Waals surface area (Å²) in [5, 5.41) is 12.2. The molecule has 17 heavy (non-hydrogen) atoms. The maximum absolute atomic E-state index is 11.0. The number of aromatic carboxylic acids is 1. The van der Waals surface area contributed by atoms with Crippen LogP contribution in [-0.2, 0) is 4.74 Å². The highest BCUT2D eigenvalue weighted by Crippen LogP contribution is 2.25. The highest BCUT2D eigenvalue weighted by molar-refractivity contribution is 5.91. The van der Waals surface area contributed by atoms with Gasteiger partial charge >= 0.3 is 5.97 Å². The van der Waals surface area contributed by atoms with E-state index in [-0.39, 0.29) is 17.8 Å². The molecule has 0 spiro atoms. The average Bonchev–Trinajstić information content (AvgIpc) is 2.77. The van der Waals surface area contributed by atoms with Crippen molar-refractivity contribution in [3.8, 4) is 0 Å². The van der Waals surface area contributed by atoms with Crippen molar-refractivity contribution in [2.75, 3.05) is 12.4 Å². The number of ether oxygens (including phenoxy) is 1. The van der Waals surface area contributed by atoms with Crippen LogP contribution in [0, 0.1) is 0 Å². The van der Waals surface area contributed by atoms with Crippen LogP contribution in [0.5, 0.6) is 0 Å². The average molecular weight is 236 g/mol. The number of nitrogens with one attached hydrogen (secondary N) is 1. The molecule has 0 aliphatic heterocycles. The van der Waals surface area contributed by atoms with Crippen LogP contribution in [0.15, 0.2) is 18.3 Å². The number of aromatic nitrogens is 1. The Morgan fingerprint density at radius 2 is 2.41 bits per heavy atom. The second kappa shape index (κ2) is 5.14. The molecule has 0 amide bonds. The topological polar surface area (TPSA) is 71.5 Å². The molecule has 92 valence electrons. The van der Waals surface area contributed by atoms with E-state index in [0.717, 1.165) is 19.3 Å². The quantitative estimate of drug-likeness (QED) is 0.833. The number of rotatable bonds is 4. The van der Waals surface area contributed by atoms with Crippen LogP contribution in [-0.4, -0.2) is 35.3 Å². The minimum Gasteiger partial charge on any atom is -0.476 e. The fraction of sp³-hybridized carbons (Fsp3) is 0.500. The number of carboxylic acid groups (broad SMARTS) is 1. The second-order valence-corrected chi connectivity index (χ2v) is 4.22. The van der Waals surface area contributed by atoms with Gasteiger partial charge in [0, 0.05) is 19.3 Å². The van der Waals surface area contributed by atoms with Crippen molar-refractivity contribution >= 4 is 11.7 Å². The summed E-state index contributed by atoms with van der Waals surface area (Å²) in [6.45, 7) is 0. The molecule has 1 saturated carbocycles. The van der Waals surface area contributed by atoms with E-state index in [2.05, 4.69) is 10.3 Å². The molecule has 0 saturated heterocycles. The van der Waals surface area contributed by atoms with Gasteiger partial charge < -0.3 is 15.2 Å². The summed E-state index contributed by atoms with van der Waals surface area (Å²) in [5.74, 6) is -1.01. The van der Waals surface area contributed by atoms with Crippen LogP contribution >= 0.6 is 0 Å². The molecule has 5 heteroatoms. The molecule has 1 heterocycles. The maximum atomic E-state index is 11.0. The number of nitrogens with zero attached hydrogens (tertiary/aromatic N) is 1. The van der Waals surface area contributed by atoms with Gasteiger partial charge in [0.2, 0.25) is 0 Å². The lowest BCUT2D eigenvalue weighted by Gasteiger charge is -2.15. The second-order valence-electron chi connectivity index (χ2n) is 4.22. The number of carbonyl (C=O) groups is 1. The van der Waals surface area contributed by atoms with E-state index in [0.29, 0.717) is 5.69 Å².